The van der Waals surface area contributed by atoms with Crippen LogP contribution in [0.25, 0.3) is 0 Å². The van der Waals surface area contributed by atoms with E-state index in [0.717, 1.165) is 5.56 Å². The van der Waals surface area contributed by atoms with Gasteiger partial charge in [0.15, 0.2) is 0 Å². The Labute approximate surface area is 189 Å². The minimum Gasteiger partial charge on any atom is -0.388 e. The molecule has 0 saturated carbocycles. The Hall–Kier alpha value is -1.91. The van der Waals surface area contributed by atoms with Crippen LogP contribution in [-0.4, -0.2) is 74.7 Å². The Kier molecular flexibility index (Phi) is 12.4. The number of benzene rings is 1. The van der Waals surface area contributed by atoms with Gasteiger partial charge in [-0.05, 0) is 18.4 Å². The molecular weight excluding hydrogens is 439 g/mol. The van der Waals surface area contributed by atoms with Gasteiger partial charge in [0.1, 0.15) is 12.3 Å². The zero-order valence-corrected chi connectivity index (χ0v) is 19.2. The lowest BCUT2D eigenvalue weighted by Gasteiger charge is -2.22. The summed E-state index contributed by atoms with van der Waals surface area (Å²) in [5, 5.41) is 12.3. The van der Waals surface area contributed by atoms with E-state index in [-0.39, 0.29) is 31.8 Å². The molecule has 0 aromatic heterocycles. The van der Waals surface area contributed by atoms with Crippen LogP contribution in [0.1, 0.15) is 18.4 Å². The van der Waals surface area contributed by atoms with E-state index in [0.29, 0.717) is 25.9 Å². The normalized spacial score (nSPS) is 20.2. The minimum atomic E-state index is -1.74. The van der Waals surface area contributed by atoms with Gasteiger partial charge < -0.3 is 33.5 Å². The van der Waals surface area contributed by atoms with E-state index < -0.39 is 20.9 Å². The fourth-order valence-corrected chi connectivity index (χ4v) is 3.87. The zero-order valence-electron chi connectivity index (χ0n) is 18.3. The summed E-state index contributed by atoms with van der Waals surface area (Å²) in [4.78, 5) is 24.0. The maximum Gasteiger partial charge on any atom is 0.333 e. The van der Waals surface area contributed by atoms with Crippen molar-refractivity contribution in [3.05, 3.63) is 48.2 Å². The molecule has 1 heterocycles. The smallest absolute Gasteiger partial charge is 0.333 e. The SMILES string of the molecule is CNC(=O)/C=C\N(C=O)C1CCC(COP(OCc2ccccc2)OCC(O)COC)O1. The van der Waals surface area contributed by atoms with Crippen molar-refractivity contribution >= 4 is 20.9 Å². The molecular formula is C21H31N2O8P. The molecule has 1 aliphatic rings. The molecule has 0 spiro atoms. The fourth-order valence-electron chi connectivity index (χ4n) is 2.81. The lowest BCUT2D eigenvalue weighted by Crippen LogP contribution is -2.31. The molecule has 178 valence electrons. The quantitative estimate of drug-likeness (QED) is 0.226. The largest absolute Gasteiger partial charge is 0.388 e. The highest BCUT2D eigenvalue weighted by Crippen LogP contribution is 2.41. The van der Waals surface area contributed by atoms with Crippen LogP contribution < -0.4 is 5.32 Å². The minimum absolute atomic E-state index is 0.00564. The average Bonchev–Trinajstić information content (AvgIpc) is 3.28. The van der Waals surface area contributed by atoms with Crippen molar-refractivity contribution in [3.8, 4) is 0 Å². The van der Waals surface area contributed by atoms with Crippen LogP contribution in [0.5, 0.6) is 0 Å². The van der Waals surface area contributed by atoms with Crippen molar-refractivity contribution in [2.45, 2.75) is 37.9 Å². The third-order valence-electron chi connectivity index (χ3n) is 4.46. The molecule has 4 atom stereocenters. The zero-order chi connectivity index (χ0) is 23.2. The number of hydrogen-bond donors (Lipinski definition) is 2. The molecule has 1 aromatic carbocycles. The van der Waals surface area contributed by atoms with Crippen molar-refractivity contribution < 1.29 is 37.7 Å². The first-order chi connectivity index (χ1) is 15.5. The first-order valence-corrected chi connectivity index (χ1v) is 11.3. The summed E-state index contributed by atoms with van der Waals surface area (Å²) in [6, 6.07) is 9.60. The molecule has 1 saturated heterocycles. The lowest BCUT2D eigenvalue weighted by atomic mass is 10.2. The Morgan fingerprint density at radius 1 is 1.28 bits per heavy atom. The van der Waals surface area contributed by atoms with E-state index in [2.05, 4.69) is 5.32 Å². The van der Waals surface area contributed by atoms with Crippen molar-refractivity contribution in [1.29, 1.82) is 0 Å². The van der Waals surface area contributed by atoms with Crippen LogP contribution in [0, 0.1) is 0 Å². The van der Waals surface area contributed by atoms with Gasteiger partial charge in [0.05, 0.1) is 32.5 Å². The molecule has 32 heavy (non-hydrogen) atoms. The van der Waals surface area contributed by atoms with Gasteiger partial charge in [-0.15, -0.1) is 0 Å². The number of nitrogens with one attached hydrogen (secondary N) is 1. The predicted octanol–water partition coefficient (Wildman–Crippen LogP) is 1.69. The number of likely N-dealkylation sites (N-methyl/N-ethyl adjacent to an activating group) is 1. The molecule has 2 amide bonds. The first-order valence-electron chi connectivity index (χ1n) is 10.2. The number of nitrogens with zero attached hydrogens (tertiary/aromatic N) is 1. The summed E-state index contributed by atoms with van der Waals surface area (Å²) in [6.45, 7) is 0.638. The number of carbonyl (C=O) groups excluding carboxylic acids is 2. The van der Waals surface area contributed by atoms with Gasteiger partial charge in [0.2, 0.25) is 12.3 Å². The summed E-state index contributed by atoms with van der Waals surface area (Å²) in [5.41, 5.74) is 0.964. The second-order valence-corrected chi connectivity index (χ2v) is 8.18. The lowest BCUT2D eigenvalue weighted by molar-refractivity contribution is -0.127. The molecule has 1 aliphatic heterocycles. The summed E-state index contributed by atoms with van der Waals surface area (Å²) >= 11 is 0. The molecule has 1 aromatic rings. The number of ether oxygens (including phenoxy) is 2. The maximum atomic E-state index is 11.4. The van der Waals surface area contributed by atoms with Crippen LogP contribution in [0.2, 0.25) is 0 Å². The molecule has 1 fully saturated rings. The van der Waals surface area contributed by atoms with Crippen LogP contribution in [0.4, 0.5) is 0 Å². The van der Waals surface area contributed by atoms with E-state index >= 15 is 0 Å². The van der Waals surface area contributed by atoms with Crippen molar-refractivity contribution in [2.24, 2.45) is 0 Å². The third-order valence-corrected chi connectivity index (χ3v) is 5.52. The van der Waals surface area contributed by atoms with Gasteiger partial charge >= 0.3 is 8.60 Å². The van der Waals surface area contributed by atoms with E-state index in [9.17, 15) is 14.7 Å². The summed E-state index contributed by atoms with van der Waals surface area (Å²) in [6.07, 6.45) is 2.97. The Bertz CT molecular complexity index is 708. The van der Waals surface area contributed by atoms with Crippen LogP contribution in [0.15, 0.2) is 42.6 Å². The van der Waals surface area contributed by atoms with E-state index in [1.54, 1.807) is 0 Å². The van der Waals surface area contributed by atoms with E-state index in [4.69, 9.17) is 23.0 Å². The van der Waals surface area contributed by atoms with E-state index in [1.165, 1.54) is 31.3 Å². The number of aliphatic hydroxyl groups is 1. The average molecular weight is 470 g/mol. The van der Waals surface area contributed by atoms with Gasteiger partial charge in [0, 0.05) is 26.4 Å². The molecule has 4 unspecified atom stereocenters. The van der Waals surface area contributed by atoms with Gasteiger partial charge in [-0.3, -0.25) is 14.5 Å². The molecule has 2 N–H and O–H groups in total. The summed E-state index contributed by atoms with van der Waals surface area (Å²) < 4.78 is 28.0. The summed E-state index contributed by atoms with van der Waals surface area (Å²) in [7, 11) is 1.26. The van der Waals surface area contributed by atoms with Crippen LogP contribution in [0.3, 0.4) is 0 Å². The highest BCUT2D eigenvalue weighted by molar-refractivity contribution is 7.41. The Morgan fingerprint density at radius 2 is 2.06 bits per heavy atom. The van der Waals surface area contributed by atoms with Gasteiger partial charge in [-0.25, -0.2) is 0 Å². The molecule has 2 rings (SSSR count). The number of methoxy groups -OCH3 is 1. The predicted molar refractivity (Wildman–Crippen MR) is 117 cm³/mol. The second-order valence-electron chi connectivity index (χ2n) is 6.96. The molecule has 0 aliphatic carbocycles. The molecule has 0 radical (unpaired) electrons. The van der Waals surface area contributed by atoms with Crippen molar-refractivity contribution in [3.63, 3.8) is 0 Å². The Morgan fingerprint density at radius 3 is 2.75 bits per heavy atom. The van der Waals surface area contributed by atoms with Gasteiger partial charge in [-0.2, -0.15) is 0 Å². The van der Waals surface area contributed by atoms with Crippen molar-refractivity contribution in [2.75, 3.05) is 34.0 Å². The highest BCUT2D eigenvalue weighted by Gasteiger charge is 2.30. The van der Waals surface area contributed by atoms with Crippen LogP contribution >= 0.6 is 8.60 Å². The van der Waals surface area contributed by atoms with E-state index in [1.807, 2.05) is 30.3 Å². The fraction of sp³-hybridized carbons (Fsp3) is 0.524. The monoisotopic (exact) mass is 470 g/mol. The standard InChI is InChI=1S/C21H31N2O8P/c1-22-20(26)10-11-23(16-24)21-9-8-19(31-21)15-30-32(29-14-18(25)13-27-2)28-12-17-6-4-3-5-7-17/h3-7,10-11,16,18-19,21,25H,8-9,12-15H2,1-2H3,(H,22,26)/b11-10-. The topological polar surface area (TPSA) is 116 Å². The van der Waals surface area contributed by atoms with Gasteiger partial charge in [0.25, 0.3) is 0 Å². The maximum absolute atomic E-state index is 11.4. The third kappa shape index (κ3) is 9.70. The number of amides is 2. The first kappa shape index (κ1) is 26.3. The second kappa shape index (κ2) is 15.0. The molecule has 11 heteroatoms. The summed E-state index contributed by atoms with van der Waals surface area (Å²) in [5.74, 6) is -0.316. The number of aliphatic hydroxyl groups excluding tert-OH is 1. The van der Waals surface area contributed by atoms with Gasteiger partial charge in [-0.1, -0.05) is 30.3 Å². The number of rotatable bonds is 15. The number of carbonyl (C=O) groups is 2. The molecule has 0 bridgehead atoms. The number of hydrogen-bond acceptors (Lipinski definition) is 8. The van der Waals surface area contributed by atoms with Crippen molar-refractivity contribution in [1.82, 2.24) is 10.2 Å². The highest BCUT2D eigenvalue weighted by atomic mass is 31.2. The van der Waals surface area contributed by atoms with Crippen LogP contribution in [-0.2, 0) is 39.2 Å². The Balaban J connectivity index is 1.85. The molecule has 10 nitrogen and oxygen atoms in total.